The molecule has 1 aromatic carbocycles. The molecule has 178 valence electrons. The van der Waals surface area contributed by atoms with Gasteiger partial charge in [0.2, 0.25) is 11.8 Å². The van der Waals surface area contributed by atoms with Crippen LogP contribution >= 0.6 is 0 Å². The van der Waals surface area contributed by atoms with Crippen molar-refractivity contribution in [3.63, 3.8) is 0 Å². The third-order valence-electron chi connectivity index (χ3n) is 10.1. The molecule has 0 aromatic heterocycles. The van der Waals surface area contributed by atoms with Crippen LogP contribution in [0.1, 0.15) is 57.9 Å². The van der Waals surface area contributed by atoms with Gasteiger partial charge in [-0.1, -0.05) is 38.1 Å². The molecule has 2 amide bonds. The highest BCUT2D eigenvalue weighted by atomic mass is 16.5. The third kappa shape index (κ3) is 3.41. The highest BCUT2D eigenvalue weighted by Crippen LogP contribution is 2.65. The minimum atomic E-state index is 0.0527. The fraction of sp³-hybridized carbons (Fsp3) is 0.643. The molecule has 3 saturated carbocycles. The van der Waals surface area contributed by atoms with Gasteiger partial charge in [-0.05, 0) is 73.8 Å². The summed E-state index contributed by atoms with van der Waals surface area (Å²) in [4.78, 5) is 27.7. The number of fused-ring (bicyclic) bond motifs is 5. The van der Waals surface area contributed by atoms with Crippen molar-refractivity contribution in [2.45, 2.75) is 65.0 Å². The molecule has 1 heterocycles. The summed E-state index contributed by atoms with van der Waals surface area (Å²) in [5.74, 6) is 3.07. The number of nitrogens with zero attached hydrogens (tertiary/aromatic N) is 1. The molecule has 0 spiro atoms. The van der Waals surface area contributed by atoms with Gasteiger partial charge in [-0.3, -0.25) is 9.59 Å². The summed E-state index contributed by atoms with van der Waals surface area (Å²) < 4.78 is 5.45. The second kappa shape index (κ2) is 8.18. The van der Waals surface area contributed by atoms with Crippen molar-refractivity contribution in [2.75, 3.05) is 14.2 Å². The number of hydrogen-bond acceptors (Lipinski definition) is 3. The van der Waals surface area contributed by atoms with E-state index in [1.165, 1.54) is 6.42 Å². The van der Waals surface area contributed by atoms with Gasteiger partial charge in [-0.2, -0.15) is 0 Å². The Hall–Kier alpha value is -2.30. The fourth-order valence-electron chi connectivity index (χ4n) is 8.32. The van der Waals surface area contributed by atoms with Crippen LogP contribution in [0, 0.1) is 34.5 Å². The lowest BCUT2D eigenvalue weighted by Gasteiger charge is -2.60. The number of nitrogens with one attached hydrogen (secondary N) is 1. The van der Waals surface area contributed by atoms with Crippen molar-refractivity contribution in [3.05, 3.63) is 42.0 Å². The topological polar surface area (TPSA) is 58.6 Å². The quantitative estimate of drug-likeness (QED) is 0.731. The maximum Gasteiger partial charge on any atom is 0.246 e. The summed E-state index contributed by atoms with van der Waals surface area (Å²) in [6.45, 7) is 5.27. The minimum absolute atomic E-state index is 0.0527. The Morgan fingerprint density at radius 3 is 2.70 bits per heavy atom. The molecule has 5 nitrogen and oxygen atoms in total. The van der Waals surface area contributed by atoms with Gasteiger partial charge in [0.1, 0.15) is 5.75 Å². The molecule has 3 aliphatic carbocycles. The second-order valence-corrected chi connectivity index (χ2v) is 11.3. The van der Waals surface area contributed by atoms with E-state index in [1.54, 1.807) is 13.2 Å². The Kier molecular flexibility index (Phi) is 5.57. The summed E-state index contributed by atoms with van der Waals surface area (Å²) in [6.07, 6.45) is 10.6. The van der Waals surface area contributed by atoms with Crippen LogP contribution in [-0.2, 0) is 16.1 Å². The number of rotatable bonds is 4. The van der Waals surface area contributed by atoms with Crippen molar-refractivity contribution < 1.29 is 14.3 Å². The van der Waals surface area contributed by atoms with Gasteiger partial charge in [0.15, 0.2) is 0 Å². The van der Waals surface area contributed by atoms with Gasteiger partial charge in [-0.25, -0.2) is 0 Å². The molecule has 4 aliphatic rings. The lowest BCUT2D eigenvalue weighted by Crippen LogP contribution is -2.59. The molecule has 7 atom stereocenters. The summed E-state index contributed by atoms with van der Waals surface area (Å²) in [5.41, 5.74) is 1.14. The number of amides is 2. The zero-order valence-electron chi connectivity index (χ0n) is 20.5. The molecule has 0 saturated heterocycles. The van der Waals surface area contributed by atoms with Gasteiger partial charge in [0, 0.05) is 36.5 Å². The number of methoxy groups -OCH3 is 1. The Labute approximate surface area is 197 Å². The highest BCUT2D eigenvalue weighted by molar-refractivity contribution is 5.89. The molecule has 5 rings (SSSR count). The van der Waals surface area contributed by atoms with E-state index in [2.05, 4.69) is 25.2 Å². The van der Waals surface area contributed by atoms with Crippen molar-refractivity contribution in [1.29, 1.82) is 0 Å². The molecule has 0 bridgehead atoms. The van der Waals surface area contributed by atoms with Gasteiger partial charge < -0.3 is 15.0 Å². The molecule has 2 unspecified atom stereocenters. The number of likely N-dealkylation sites (N-methyl/N-ethyl adjacent to an activating group) is 1. The Bertz CT molecular complexity index is 974. The first-order chi connectivity index (χ1) is 15.8. The van der Waals surface area contributed by atoms with Crippen LogP contribution in [-0.4, -0.2) is 36.9 Å². The lowest BCUT2D eigenvalue weighted by atomic mass is 9.47. The Balaban J connectivity index is 1.32. The SMILES string of the molecule is COc1ccccc1CNC(=O)C1CC[C@H]2[C@@H]3CCC4N(C)C(=O)C=C[C@]4(C)[C@@H]3CC[C@]12C. The first-order valence-corrected chi connectivity index (χ1v) is 12.6. The van der Waals surface area contributed by atoms with Crippen LogP contribution in [0.5, 0.6) is 5.75 Å². The first-order valence-electron chi connectivity index (χ1n) is 12.6. The van der Waals surface area contributed by atoms with Crippen LogP contribution in [0.3, 0.4) is 0 Å². The molecular formula is C28H38N2O3. The van der Waals surface area contributed by atoms with E-state index in [0.29, 0.717) is 30.3 Å². The lowest BCUT2D eigenvalue weighted by molar-refractivity contribution is -0.142. The minimum Gasteiger partial charge on any atom is -0.496 e. The molecule has 1 aromatic rings. The van der Waals surface area contributed by atoms with Gasteiger partial charge in [0.05, 0.1) is 7.11 Å². The summed E-state index contributed by atoms with van der Waals surface area (Å²) in [5, 5.41) is 3.24. The number of para-hydroxylation sites is 1. The van der Waals surface area contributed by atoms with E-state index in [1.807, 2.05) is 36.2 Å². The van der Waals surface area contributed by atoms with Gasteiger partial charge >= 0.3 is 0 Å². The average molecular weight is 451 g/mol. The van der Waals surface area contributed by atoms with Crippen LogP contribution in [0.2, 0.25) is 0 Å². The molecule has 0 radical (unpaired) electrons. The van der Waals surface area contributed by atoms with E-state index >= 15 is 0 Å². The molecular weight excluding hydrogens is 412 g/mol. The zero-order chi connectivity index (χ0) is 23.4. The second-order valence-electron chi connectivity index (χ2n) is 11.3. The molecule has 1 N–H and O–H groups in total. The molecule has 33 heavy (non-hydrogen) atoms. The van der Waals surface area contributed by atoms with Gasteiger partial charge in [-0.15, -0.1) is 0 Å². The van der Waals surface area contributed by atoms with Crippen molar-refractivity contribution >= 4 is 11.8 Å². The summed E-state index contributed by atoms with van der Waals surface area (Å²) in [6, 6.07) is 8.20. The van der Waals surface area contributed by atoms with Crippen molar-refractivity contribution in [3.8, 4) is 5.75 Å². The maximum atomic E-state index is 13.4. The maximum absolute atomic E-state index is 13.4. The molecule has 5 heteroatoms. The van der Waals surface area contributed by atoms with E-state index in [9.17, 15) is 9.59 Å². The summed E-state index contributed by atoms with van der Waals surface area (Å²) in [7, 11) is 3.64. The number of carbonyl (C=O) groups is 2. The number of hydrogen-bond donors (Lipinski definition) is 1. The smallest absolute Gasteiger partial charge is 0.246 e. The fourth-order valence-corrected chi connectivity index (χ4v) is 8.32. The predicted molar refractivity (Wildman–Crippen MR) is 128 cm³/mol. The monoisotopic (exact) mass is 450 g/mol. The van der Waals surface area contributed by atoms with Crippen molar-refractivity contribution in [2.24, 2.45) is 34.5 Å². The van der Waals surface area contributed by atoms with E-state index in [0.717, 1.165) is 43.4 Å². The predicted octanol–water partition coefficient (Wildman–Crippen LogP) is 4.57. The van der Waals surface area contributed by atoms with E-state index in [-0.39, 0.29) is 28.6 Å². The van der Waals surface area contributed by atoms with E-state index in [4.69, 9.17) is 4.74 Å². The number of benzene rings is 1. The largest absolute Gasteiger partial charge is 0.496 e. The first kappa shape index (κ1) is 22.5. The standard InChI is InChI=1S/C28H38N2O3/c1-27-15-13-21-19(9-12-24-28(21,2)16-14-25(31)30(24)3)20(27)10-11-22(27)26(32)29-17-18-7-5-6-8-23(18)33-4/h5-8,14,16,19-22,24H,9-13,15,17H2,1-4H3,(H,29,32)/t19-,20-,21+,22?,24?,27-,28+/m0/s1. The molecule has 3 fully saturated rings. The normalized spacial score (nSPS) is 39.5. The van der Waals surface area contributed by atoms with Gasteiger partial charge in [0.25, 0.3) is 0 Å². The Morgan fingerprint density at radius 1 is 1.12 bits per heavy atom. The summed E-state index contributed by atoms with van der Waals surface area (Å²) >= 11 is 0. The van der Waals surface area contributed by atoms with Crippen LogP contribution < -0.4 is 10.1 Å². The zero-order valence-corrected chi connectivity index (χ0v) is 20.5. The number of ether oxygens (including phenoxy) is 1. The van der Waals surface area contributed by atoms with Crippen LogP contribution in [0.4, 0.5) is 0 Å². The van der Waals surface area contributed by atoms with E-state index < -0.39 is 0 Å². The average Bonchev–Trinajstić information content (AvgIpc) is 3.17. The van der Waals surface area contributed by atoms with Crippen LogP contribution in [0.15, 0.2) is 36.4 Å². The third-order valence-corrected chi connectivity index (χ3v) is 10.1. The Morgan fingerprint density at radius 2 is 1.91 bits per heavy atom. The van der Waals surface area contributed by atoms with Crippen molar-refractivity contribution in [1.82, 2.24) is 10.2 Å². The number of carbonyl (C=O) groups excluding carboxylic acids is 2. The highest BCUT2D eigenvalue weighted by Gasteiger charge is 2.61. The van der Waals surface area contributed by atoms with Crippen LogP contribution in [0.25, 0.3) is 0 Å². The molecule has 1 aliphatic heterocycles.